The van der Waals surface area contributed by atoms with E-state index in [1.165, 1.54) is 14.2 Å². The molecule has 1 saturated carbocycles. The number of aromatic amines is 2. The molecule has 5 fully saturated rings. The lowest BCUT2D eigenvalue weighted by Crippen LogP contribution is -2.54. The average molecular weight is 847 g/mol. The van der Waals surface area contributed by atoms with Crippen LogP contribution in [-0.2, 0) is 28.5 Å². The van der Waals surface area contributed by atoms with Gasteiger partial charge in [-0.1, -0.05) is 24.1 Å². The lowest BCUT2D eigenvalue weighted by atomic mass is 9.90. The highest BCUT2D eigenvalue weighted by molar-refractivity contribution is 5.89. The molecule has 0 spiro atoms. The van der Waals surface area contributed by atoms with Gasteiger partial charge in [0.05, 0.1) is 44.4 Å². The molecule has 1 unspecified atom stereocenters. The summed E-state index contributed by atoms with van der Waals surface area (Å²) in [6, 6.07) is 10.6. The Hall–Kier alpha value is -5.92. The van der Waals surface area contributed by atoms with E-state index in [4.69, 9.17) is 23.9 Å². The molecule has 4 amide bonds. The van der Waals surface area contributed by atoms with Gasteiger partial charge in [-0.15, -0.1) is 0 Å². The number of likely N-dealkylation sites (tertiary alicyclic amines) is 2. The van der Waals surface area contributed by atoms with Gasteiger partial charge in [-0.2, -0.15) is 0 Å². The third-order valence-electron chi connectivity index (χ3n) is 13.5. The van der Waals surface area contributed by atoms with Gasteiger partial charge in [0.25, 0.3) is 0 Å². The number of H-pyrrole nitrogens is 2. The predicted octanol–water partition coefficient (Wildman–Crippen LogP) is 5.37. The zero-order valence-corrected chi connectivity index (χ0v) is 35.4. The van der Waals surface area contributed by atoms with Gasteiger partial charge in [0, 0.05) is 49.6 Å². The van der Waals surface area contributed by atoms with Crippen LogP contribution in [-0.4, -0.2) is 119 Å². The smallest absolute Gasteiger partial charge is 0.407 e. The number of rotatable bonds is 9. The number of nitrogens with one attached hydrogen (secondary N) is 4. The summed E-state index contributed by atoms with van der Waals surface area (Å²) in [5.41, 5.74) is 3.31. The fourth-order valence-electron chi connectivity index (χ4n) is 10.0. The second-order valence-electron chi connectivity index (χ2n) is 17.3. The first-order valence-electron chi connectivity index (χ1n) is 21.8. The lowest BCUT2D eigenvalue weighted by Gasteiger charge is -2.36. The van der Waals surface area contributed by atoms with Crippen LogP contribution < -0.4 is 10.6 Å². The van der Waals surface area contributed by atoms with E-state index in [2.05, 4.69) is 55.6 Å². The van der Waals surface area contributed by atoms with E-state index in [0.717, 1.165) is 53.3 Å². The Kier molecular flexibility index (Phi) is 11.9. The van der Waals surface area contributed by atoms with Crippen molar-refractivity contribution in [3.05, 3.63) is 71.7 Å². The van der Waals surface area contributed by atoms with Gasteiger partial charge in [0.2, 0.25) is 11.8 Å². The van der Waals surface area contributed by atoms with E-state index in [1.807, 2.05) is 41.1 Å². The number of aromatic nitrogens is 4. The van der Waals surface area contributed by atoms with Crippen LogP contribution in [0, 0.1) is 29.6 Å². The van der Waals surface area contributed by atoms with Gasteiger partial charge in [0.15, 0.2) is 0 Å². The second-order valence-corrected chi connectivity index (χ2v) is 17.3. The first-order chi connectivity index (χ1) is 30.2. The van der Waals surface area contributed by atoms with Crippen molar-refractivity contribution in [2.45, 2.75) is 94.5 Å². The molecular formula is C46H54N8O8. The minimum Gasteiger partial charge on any atom is -0.453 e. The van der Waals surface area contributed by atoms with E-state index in [1.54, 1.807) is 6.20 Å². The van der Waals surface area contributed by atoms with Crippen molar-refractivity contribution in [1.82, 2.24) is 40.4 Å². The molecule has 0 bridgehead atoms. The molecule has 1 aliphatic carbocycles. The monoisotopic (exact) mass is 846 g/mol. The number of methoxy groups -OCH3 is 2. The number of imidazole rings is 2. The molecular weight excluding hydrogens is 793 g/mol. The average Bonchev–Trinajstić information content (AvgIpc) is 3.77. The van der Waals surface area contributed by atoms with Crippen molar-refractivity contribution in [2.75, 3.05) is 40.6 Å². The minimum absolute atomic E-state index is 0.0199. The Bertz CT molecular complexity index is 2370. The molecule has 5 aliphatic rings. The van der Waals surface area contributed by atoms with E-state index in [-0.39, 0.29) is 47.8 Å². The molecule has 16 heteroatoms. The zero-order valence-electron chi connectivity index (χ0n) is 35.4. The van der Waals surface area contributed by atoms with Crippen LogP contribution >= 0.6 is 0 Å². The molecule has 2 aromatic carbocycles. The largest absolute Gasteiger partial charge is 0.453 e. The number of nitrogens with zero attached hydrogens (tertiary/aromatic N) is 4. The predicted molar refractivity (Wildman–Crippen MR) is 226 cm³/mol. The van der Waals surface area contributed by atoms with Crippen molar-refractivity contribution < 1.29 is 38.1 Å². The van der Waals surface area contributed by atoms with Gasteiger partial charge in [-0.25, -0.2) is 19.6 Å². The number of alkyl carbamates (subject to hydrolysis) is 2. The fraction of sp³-hybridized carbons (Fsp3) is 0.522. The number of carbonyl (C=O) groups excluding carboxylic acids is 4. The number of hydrogen-bond acceptors (Lipinski definition) is 10. The molecule has 4 aromatic rings. The number of amides is 4. The van der Waals surface area contributed by atoms with Crippen molar-refractivity contribution >= 4 is 34.8 Å². The second kappa shape index (κ2) is 17.8. The Labute approximate surface area is 360 Å². The van der Waals surface area contributed by atoms with Crippen molar-refractivity contribution in [1.29, 1.82) is 0 Å². The quantitative estimate of drug-likeness (QED) is 0.159. The van der Waals surface area contributed by atoms with Crippen molar-refractivity contribution in [2.24, 2.45) is 17.8 Å². The first kappa shape index (κ1) is 41.4. The van der Waals surface area contributed by atoms with Crippen LogP contribution in [0.2, 0.25) is 0 Å². The summed E-state index contributed by atoms with van der Waals surface area (Å²) in [7, 11) is 2.62. The number of carbonyl (C=O) groups is 4. The van der Waals surface area contributed by atoms with E-state index in [0.29, 0.717) is 75.4 Å². The van der Waals surface area contributed by atoms with Crippen molar-refractivity contribution in [3.8, 4) is 23.1 Å². The van der Waals surface area contributed by atoms with Crippen LogP contribution in [0.3, 0.4) is 0 Å². The van der Waals surface area contributed by atoms with E-state index >= 15 is 0 Å². The summed E-state index contributed by atoms with van der Waals surface area (Å²) in [6.45, 7) is 4.26. The molecule has 7 atom stereocenters. The number of ether oxygens (including phenoxy) is 4. The maximum atomic E-state index is 14.2. The zero-order chi connectivity index (χ0) is 42.9. The van der Waals surface area contributed by atoms with Gasteiger partial charge in [-0.05, 0) is 111 Å². The fourth-order valence-corrected chi connectivity index (χ4v) is 10.0. The molecule has 16 nitrogen and oxygen atoms in total. The van der Waals surface area contributed by atoms with E-state index in [9.17, 15) is 19.2 Å². The summed E-state index contributed by atoms with van der Waals surface area (Å²) in [5.74, 6) is 8.04. The summed E-state index contributed by atoms with van der Waals surface area (Å²) in [5, 5.41) is 7.74. The SMILES string of the molecule is COC(=O)N[C@H](C(=O)N1C(c2ncc(C#Cc3ccc4cc(-c5cnc([C@@H]6CC[C@H](C)N6C(=O)[C@@H](NC(=O)OC)C6CCOCC6)[nH]5)ccc4c3)[nH]2)C[C@H]2C[C@H]21)C1CCOCC1. The van der Waals surface area contributed by atoms with Gasteiger partial charge < -0.3 is 49.3 Å². The number of hydrogen-bond donors (Lipinski definition) is 4. The van der Waals surface area contributed by atoms with Gasteiger partial charge in [0.1, 0.15) is 29.4 Å². The van der Waals surface area contributed by atoms with Gasteiger partial charge in [-0.3, -0.25) is 9.59 Å². The first-order valence-corrected chi connectivity index (χ1v) is 21.8. The Morgan fingerprint density at radius 1 is 0.726 bits per heavy atom. The van der Waals surface area contributed by atoms with Crippen LogP contribution in [0.5, 0.6) is 0 Å². The topological polar surface area (TPSA) is 193 Å². The van der Waals surface area contributed by atoms with Crippen LogP contribution in [0.1, 0.15) is 93.3 Å². The Morgan fingerprint density at radius 2 is 1.34 bits per heavy atom. The third-order valence-corrected chi connectivity index (χ3v) is 13.5. The standard InChI is InChI=1S/C46H54N8O8/c1-26-4-11-36(53(26)43(55)39(51-45(57)59-2)28-12-16-61-17-13-28)41-48-25-35(50-41)32-9-8-30-20-27(5-7-31(30)21-32)6-10-34-24-47-42(49-34)38-23-33-22-37(33)54(38)44(56)40(52-46(58)60-3)29-14-18-62-19-15-29/h5,7-9,20-21,24-26,28-29,33,36-40H,4,11-19,22-23H2,1-3H3,(H,47,49)(H,48,50)(H,51,57)(H,52,58)/t26-,33+,36-,37+,38?,39-,40-/m0/s1. The highest BCUT2D eigenvalue weighted by Crippen LogP contribution is 2.53. The summed E-state index contributed by atoms with van der Waals surface area (Å²) in [4.78, 5) is 73.2. The highest BCUT2D eigenvalue weighted by atomic mass is 16.5. The molecule has 2 aromatic heterocycles. The number of benzene rings is 2. The van der Waals surface area contributed by atoms with E-state index < -0.39 is 24.3 Å². The normalized spacial score (nSPS) is 24.7. The summed E-state index contributed by atoms with van der Waals surface area (Å²) < 4.78 is 20.9. The number of fused-ring (bicyclic) bond motifs is 2. The highest BCUT2D eigenvalue weighted by Gasteiger charge is 2.56. The minimum atomic E-state index is -0.707. The maximum absolute atomic E-state index is 14.2. The van der Waals surface area contributed by atoms with Gasteiger partial charge >= 0.3 is 12.2 Å². The molecule has 9 rings (SSSR count). The van der Waals surface area contributed by atoms with Crippen LogP contribution in [0.4, 0.5) is 9.59 Å². The molecule has 62 heavy (non-hydrogen) atoms. The Morgan fingerprint density at radius 3 is 2.02 bits per heavy atom. The number of piperidine rings is 1. The lowest BCUT2D eigenvalue weighted by molar-refractivity contribution is -0.139. The van der Waals surface area contributed by atoms with Crippen LogP contribution in [0.15, 0.2) is 48.8 Å². The maximum Gasteiger partial charge on any atom is 0.407 e. The third kappa shape index (κ3) is 8.48. The van der Waals surface area contributed by atoms with Crippen molar-refractivity contribution in [3.63, 3.8) is 0 Å². The molecule has 4 saturated heterocycles. The summed E-state index contributed by atoms with van der Waals surface area (Å²) in [6.07, 6.45) is 8.40. The molecule has 4 N–H and O–H groups in total. The Balaban J connectivity index is 0.878. The molecule has 326 valence electrons. The summed E-state index contributed by atoms with van der Waals surface area (Å²) >= 11 is 0. The molecule has 4 aliphatic heterocycles. The molecule has 0 radical (unpaired) electrons. The van der Waals surface area contributed by atoms with Crippen LogP contribution in [0.25, 0.3) is 22.0 Å². The molecule has 6 heterocycles.